The first-order valence-corrected chi connectivity index (χ1v) is 6.88. The Morgan fingerprint density at radius 3 is 2.65 bits per heavy atom. The Bertz CT molecular complexity index is 450. The molecule has 0 fully saturated rings. The summed E-state index contributed by atoms with van der Waals surface area (Å²) < 4.78 is 0. The van der Waals surface area contributed by atoms with Crippen molar-refractivity contribution in [2.75, 3.05) is 13.1 Å². The summed E-state index contributed by atoms with van der Waals surface area (Å²) in [6.07, 6.45) is 3.08. The average molecular weight is 315 g/mol. The molecule has 0 unspecified atom stereocenters. The van der Waals surface area contributed by atoms with Crippen LogP contribution < -0.4 is 0 Å². The van der Waals surface area contributed by atoms with Crippen LogP contribution in [0.1, 0.15) is 5.56 Å². The Labute approximate surface area is 128 Å². The number of halogens is 2. The van der Waals surface area contributed by atoms with Gasteiger partial charge in [-0.15, -0.1) is 6.58 Å². The highest BCUT2D eigenvalue weighted by Gasteiger charge is 2.18. The number of rotatable bonds is 8. The van der Waals surface area contributed by atoms with Gasteiger partial charge in [0.05, 0.1) is 12.8 Å². The molecule has 1 aromatic carbocycles. The highest BCUT2D eigenvalue weighted by molar-refractivity contribution is 6.53. The maximum atomic E-state index is 11.6. The van der Waals surface area contributed by atoms with E-state index in [1.165, 1.54) is 11.1 Å². The van der Waals surface area contributed by atoms with Gasteiger partial charge in [0.1, 0.15) is 6.61 Å². The predicted octanol–water partition coefficient (Wildman–Crippen LogP) is 3.01. The topological polar surface area (TPSA) is 41.9 Å². The summed E-state index contributed by atoms with van der Waals surface area (Å²) in [5.41, 5.74) is 1.02. The first kappa shape index (κ1) is 16.5. The third kappa shape index (κ3) is 6.08. The van der Waals surface area contributed by atoms with E-state index in [0.717, 1.165) is 5.56 Å². The number of alkyl halides is 2. The molecule has 0 N–H and O–H groups in total. The molecule has 0 heterocycles. The highest BCUT2D eigenvalue weighted by atomic mass is 35.5. The summed E-state index contributed by atoms with van der Waals surface area (Å²) in [6, 6.07) is 9.66. The molecular weight excluding hydrogens is 299 g/mol. The van der Waals surface area contributed by atoms with Crippen molar-refractivity contribution in [2.45, 2.75) is 11.4 Å². The van der Waals surface area contributed by atoms with Crippen molar-refractivity contribution < 1.29 is 9.63 Å². The molecule has 0 aliphatic heterocycles. The molecule has 0 radical (unpaired) electrons. The summed E-state index contributed by atoms with van der Waals surface area (Å²) in [5, 5.41) is 3.79. The van der Waals surface area contributed by atoms with E-state index >= 15 is 0 Å². The smallest absolute Gasteiger partial charge is 0.256 e. The van der Waals surface area contributed by atoms with E-state index in [-0.39, 0.29) is 12.5 Å². The van der Waals surface area contributed by atoms with Gasteiger partial charge < -0.3 is 9.74 Å². The molecule has 1 aromatic rings. The van der Waals surface area contributed by atoms with Crippen molar-refractivity contribution in [3.05, 3.63) is 48.6 Å². The van der Waals surface area contributed by atoms with E-state index in [1.807, 2.05) is 30.3 Å². The van der Waals surface area contributed by atoms with Crippen LogP contribution in [0.2, 0.25) is 0 Å². The molecule has 0 spiro atoms. The number of oxime groups is 1. The second-order valence-electron chi connectivity index (χ2n) is 3.88. The number of nitrogens with zero attached hydrogens (tertiary/aromatic N) is 2. The number of hydrogen-bond acceptors (Lipinski definition) is 3. The molecule has 0 aliphatic rings. The molecule has 0 bridgehead atoms. The minimum Gasteiger partial charge on any atom is -0.391 e. The lowest BCUT2D eigenvalue weighted by atomic mass is 10.2. The normalized spacial score (nSPS) is 10.8. The van der Waals surface area contributed by atoms with Crippen LogP contribution in [0.4, 0.5) is 0 Å². The molecule has 0 aromatic heterocycles. The van der Waals surface area contributed by atoms with Crippen molar-refractivity contribution in [1.82, 2.24) is 4.90 Å². The number of carbonyl (C=O) groups excluding carboxylic acids is 1. The summed E-state index contributed by atoms with van der Waals surface area (Å²) in [5.74, 6) is -0.386. The van der Waals surface area contributed by atoms with Crippen LogP contribution in [-0.2, 0) is 16.2 Å². The quantitative estimate of drug-likeness (QED) is 0.320. The van der Waals surface area contributed by atoms with Crippen LogP contribution in [0, 0.1) is 0 Å². The van der Waals surface area contributed by atoms with Gasteiger partial charge in [0.15, 0.2) is 4.84 Å². The van der Waals surface area contributed by atoms with E-state index in [2.05, 4.69) is 11.7 Å². The number of benzene rings is 1. The van der Waals surface area contributed by atoms with Crippen molar-refractivity contribution >= 4 is 35.3 Å². The zero-order valence-corrected chi connectivity index (χ0v) is 12.4. The Kier molecular flexibility index (Phi) is 7.77. The predicted molar refractivity (Wildman–Crippen MR) is 82.0 cm³/mol. The van der Waals surface area contributed by atoms with Gasteiger partial charge in [0, 0.05) is 6.54 Å². The second-order valence-corrected chi connectivity index (χ2v) is 4.98. The number of amides is 1. The minimum atomic E-state index is -1.09. The van der Waals surface area contributed by atoms with Crippen LogP contribution in [0.5, 0.6) is 0 Å². The zero-order chi connectivity index (χ0) is 14.8. The highest BCUT2D eigenvalue weighted by Crippen LogP contribution is 2.06. The standard InChI is InChI=1S/C14H16Cl2N2O2/c1-2-9-18(14(19)13(15)16)10-8-17-20-11-12-6-4-3-5-7-12/h2-8,13H,1,9-11H2/b17-8+. The van der Waals surface area contributed by atoms with Crippen molar-refractivity contribution in [1.29, 1.82) is 0 Å². The maximum absolute atomic E-state index is 11.6. The summed E-state index contributed by atoms with van der Waals surface area (Å²) in [4.78, 5) is 17.1. The number of carbonyl (C=O) groups is 1. The van der Waals surface area contributed by atoms with Crippen molar-refractivity contribution in [2.24, 2.45) is 5.16 Å². The van der Waals surface area contributed by atoms with Crippen molar-refractivity contribution in [3.63, 3.8) is 0 Å². The molecule has 0 atom stereocenters. The van der Waals surface area contributed by atoms with Gasteiger partial charge in [-0.25, -0.2) is 0 Å². The summed E-state index contributed by atoms with van der Waals surface area (Å²) >= 11 is 11.1. The second kappa shape index (κ2) is 9.39. The van der Waals surface area contributed by atoms with Gasteiger partial charge in [-0.2, -0.15) is 0 Å². The first-order valence-electron chi connectivity index (χ1n) is 6.00. The van der Waals surface area contributed by atoms with E-state index in [1.54, 1.807) is 6.08 Å². The molecule has 0 saturated heterocycles. The third-order valence-corrected chi connectivity index (χ3v) is 2.75. The van der Waals surface area contributed by atoms with Crippen LogP contribution in [-0.4, -0.2) is 34.9 Å². The monoisotopic (exact) mass is 314 g/mol. The van der Waals surface area contributed by atoms with E-state index in [9.17, 15) is 4.79 Å². The largest absolute Gasteiger partial charge is 0.391 e. The number of hydrogen-bond donors (Lipinski definition) is 0. The van der Waals surface area contributed by atoms with Crippen LogP contribution >= 0.6 is 23.2 Å². The van der Waals surface area contributed by atoms with Crippen molar-refractivity contribution in [3.8, 4) is 0 Å². The zero-order valence-electron chi connectivity index (χ0n) is 10.9. The summed E-state index contributed by atoms with van der Waals surface area (Å²) in [6.45, 7) is 4.55. The van der Waals surface area contributed by atoms with E-state index < -0.39 is 4.84 Å². The van der Waals surface area contributed by atoms with Crippen LogP contribution in [0.15, 0.2) is 48.1 Å². The van der Waals surface area contributed by atoms with E-state index in [0.29, 0.717) is 13.2 Å². The lowest BCUT2D eigenvalue weighted by molar-refractivity contribution is -0.128. The molecule has 0 aliphatic carbocycles. The first-order chi connectivity index (χ1) is 9.65. The lowest BCUT2D eigenvalue weighted by Gasteiger charge is -2.19. The Balaban J connectivity index is 2.37. The maximum Gasteiger partial charge on any atom is 0.256 e. The Morgan fingerprint density at radius 2 is 2.05 bits per heavy atom. The molecule has 108 valence electrons. The van der Waals surface area contributed by atoms with Gasteiger partial charge in [0.25, 0.3) is 5.91 Å². The molecule has 1 rings (SSSR count). The molecule has 0 saturated carbocycles. The fourth-order valence-corrected chi connectivity index (χ4v) is 1.69. The molecule has 6 heteroatoms. The summed E-state index contributed by atoms with van der Waals surface area (Å²) in [7, 11) is 0. The van der Waals surface area contributed by atoms with Gasteiger partial charge in [-0.05, 0) is 5.56 Å². The molecular formula is C14H16Cl2N2O2. The molecule has 20 heavy (non-hydrogen) atoms. The molecule has 1 amide bonds. The third-order valence-electron chi connectivity index (χ3n) is 2.37. The lowest BCUT2D eigenvalue weighted by Crippen LogP contribution is -2.36. The SMILES string of the molecule is C=CCN(C/C=N/OCc1ccccc1)C(=O)C(Cl)Cl. The van der Waals surface area contributed by atoms with Gasteiger partial charge in [-0.1, -0.05) is 64.8 Å². The molecule has 4 nitrogen and oxygen atoms in total. The average Bonchev–Trinajstić information content (AvgIpc) is 2.46. The van der Waals surface area contributed by atoms with Crippen LogP contribution in [0.3, 0.4) is 0 Å². The van der Waals surface area contributed by atoms with Gasteiger partial charge in [0.2, 0.25) is 0 Å². The Morgan fingerprint density at radius 1 is 1.35 bits per heavy atom. The fraction of sp³-hybridized carbons (Fsp3) is 0.286. The van der Waals surface area contributed by atoms with Gasteiger partial charge >= 0.3 is 0 Å². The van der Waals surface area contributed by atoms with E-state index in [4.69, 9.17) is 28.0 Å². The minimum absolute atomic E-state index is 0.260. The fourth-order valence-electron chi connectivity index (χ4n) is 1.42. The van der Waals surface area contributed by atoms with Crippen LogP contribution in [0.25, 0.3) is 0 Å². The Hall–Kier alpha value is -1.52. The van der Waals surface area contributed by atoms with Gasteiger partial charge in [-0.3, -0.25) is 4.79 Å².